The molecule has 0 bridgehead atoms. The Kier molecular flexibility index (Phi) is 6.18. The Balaban J connectivity index is 1.56. The Labute approximate surface area is 164 Å². The molecule has 0 radical (unpaired) electrons. The number of benzene rings is 3. The average molecular weight is 372 g/mol. The Hall–Kier alpha value is -3.46. The predicted molar refractivity (Wildman–Crippen MR) is 112 cm³/mol. The van der Waals surface area contributed by atoms with E-state index in [0.717, 1.165) is 28.0 Å². The summed E-state index contributed by atoms with van der Waals surface area (Å²) < 4.78 is 18.7. The summed E-state index contributed by atoms with van der Waals surface area (Å²) in [6.45, 7) is 6.39. The molecular weight excluding hydrogens is 351 g/mol. The molecule has 28 heavy (non-hydrogen) atoms. The van der Waals surface area contributed by atoms with Gasteiger partial charge in [-0.2, -0.15) is 0 Å². The van der Waals surface area contributed by atoms with Gasteiger partial charge in [0.25, 0.3) is 0 Å². The van der Waals surface area contributed by atoms with Gasteiger partial charge in [0.15, 0.2) is 5.78 Å². The van der Waals surface area contributed by atoms with Crippen LogP contribution in [-0.4, -0.2) is 5.78 Å². The topological polar surface area (TPSA) is 26.3 Å². The van der Waals surface area contributed by atoms with Crippen LogP contribution in [0.4, 0.5) is 4.39 Å². The molecule has 0 atom stereocenters. The van der Waals surface area contributed by atoms with Crippen LogP contribution in [0.3, 0.4) is 0 Å². The van der Waals surface area contributed by atoms with Crippen LogP contribution >= 0.6 is 0 Å². The third kappa shape index (κ3) is 5.27. The summed E-state index contributed by atoms with van der Waals surface area (Å²) in [5.74, 6) is 0.229. The summed E-state index contributed by atoms with van der Waals surface area (Å²) in [5.41, 5.74) is 4.58. The molecule has 0 unspecified atom stereocenters. The number of carbonyl (C=O) groups excluding carboxylic acids is 1. The first-order valence-electron chi connectivity index (χ1n) is 8.97. The molecule has 0 aromatic heterocycles. The highest BCUT2D eigenvalue weighted by molar-refractivity contribution is 6.06. The highest BCUT2D eigenvalue weighted by Gasteiger charge is 2.02. The van der Waals surface area contributed by atoms with Crippen LogP contribution in [0.25, 0.3) is 11.6 Å². The van der Waals surface area contributed by atoms with Gasteiger partial charge >= 0.3 is 0 Å². The molecule has 0 spiro atoms. The van der Waals surface area contributed by atoms with Crippen molar-refractivity contribution in [2.24, 2.45) is 0 Å². The molecule has 2 nitrogen and oxygen atoms in total. The summed E-state index contributed by atoms with van der Waals surface area (Å²) in [4.78, 5) is 12.1. The lowest BCUT2D eigenvalue weighted by Gasteiger charge is -2.07. The van der Waals surface area contributed by atoms with Gasteiger partial charge in [0.1, 0.15) is 18.2 Å². The van der Waals surface area contributed by atoms with Crippen LogP contribution < -0.4 is 4.74 Å². The fourth-order valence-electron chi connectivity index (χ4n) is 2.61. The predicted octanol–water partition coefficient (Wildman–Crippen LogP) is 6.33. The first kappa shape index (κ1) is 19.3. The van der Waals surface area contributed by atoms with Crippen molar-refractivity contribution in [1.82, 2.24) is 0 Å². The first-order chi connectivity index (χ1) is 13.5. The third-order valence-electron chi connectivity index (χ3n) is 4.29. The van der Waals surface area contributed by atoms with E-state index >= 15 is 0 Å². The van der Waals surface area contributed by atoms with Gasteiger partial charge in [0.05, 0.1) is 0 Å². The summed E-state index contributed by atoms with van der Waals surface area (Å²) in [7, 11) is 0. The van der Waals surface area contributed by atoms with Crippen molar-refractivity contribution in [3.8, 4) is 5.75 Å². The minimum Gasteiger partial charge on any atom is -0.489 e. The molecule has 0 N–H and O–H groups in total. The molecule has 3 rings (SSSR count). The van der Waals surface area contributed by atoms with Crippen molar-refractivity contribution in [1.29, 1.82) is 0 Å². The zero-order valence-electron chi connectivity index (χ0n) is 15.7. The molecule has 0 aliphatic heterocycles. The van der Waals surface area contributed by atoms with Crippen molar-refractivity contribution >= 4 is 17.4 Å². The van der Waals surface area contributed by atoms with Gasteiger partial charge in [-0.05, 0) is 66.1 Å². The largest absolute Gasteiger partial charge is 0.489 e. The molecule has 3 aromatic rings. The fourth-order valence-corrected chi connectivity index (χ4v) is 2.61. The lowest BCUT2D eigenvalue weighted by atomic mass is 10.1. The lowest BCUT2D eigenvalue weighted by molar-refractivity contribution is 0.104. The third-order valence-corrected chi connectivity index (χ3v) is 4.29. The van der Waals surface area contributed by atoms with Crippen molar-refractivity contribution in [3.63, 3.8) is 0 Å². The molecule has 0 amide bonds. The quantitative estimate of drug-likeness (QED) is 0.358. The molecule has 0 heterocycles. The molecule has 3 aromatic carbocycles. The highest BCUT2D eigenvalue weighted by atomic mass is 19.1. The lowest BCUT2D eigenvalue weighted by Crippen LogP contribution is -1.95. The minimum atomic E-state index is -0.358. The fraction of sp³-hybridized carbons (Fsp3) is 0.0800. The number of ketones is 1. The van der Waals surface area contributed by atoms with Crippen molar-refractivity contribution in [3.05, 3.63) is 114 Å². The van der Waals surface area contributed by atoms with E-state index in [4.69, 9.17) is 4.74 Å². The van der Waals surface area contributed by atoms with Crippen molar-refractivity contribution in [2.75, 3.05) is 0 Å². The maximum absolute atomic E-state index is 12.9. The SMILES string of the molecule is C=C(C)c1ccc(COc2ccc(/C=C/C(=O)c3ccc(F)cc3)cc2)cc1. The van der Waals surface area contributed by atoms with Crippen LogP contribution in [0.1, 0.15) is 34.0 Å². The van der Waals surface area contributed by atoms with Crippen molar-refractivity contribution < 1.29 is 13.9 Å². The Morgan fingerprint density at radius 2 is 1.54 bits per heavy atom. The van der Waals surface area contributed by atoms with Crippen molar-refractivity contribution in [2.45, 2.75) is 13.5 Å². The monoisotopic (exact) mass is 372 g/mol. The smallest absolute Gasteiger partial charge is 0.185 e. The zero-order valence-corrected chi connectivity index (χ0v) is 15.7. The second-order valence-corrected chi connectivity index (χ2v) is 6.54. The van der Waals surface area contributed by atoms with Gasteiger partial charge in [-0.3, -0.25) is 4.79 Å². The van der Waals surface area contributed by atoms with E-state index in [2.05, 4.69) is 6.58 Å². The van der Waals surface area contributed by atoms with E-state index in [0.29, 0.717) is 12.2 Å². The second kappa shape index (κ2) is 8.96. The summed E-state index contributed by atoms with van der Waals surface area (Å²) in [6.07, 6.45) is 3.21. The number of halogens is 1. The van der Waals surface area contributed by atoms with E-state index in [1.807, 2.05) is 55.5 Å². The number of hydrogen-bond donors (Lipinski definition) is 0. The number of rotatable bonds is 7. The molecule has 0 aliphatic rings. The molecule has 0 saturated heterocycles. The molecule has 140 valence electrons. The zero-order chi connectivity index (χ0) is 19.9. The van der Waals surface area contributed by atoms with Gasteiger partial charge < -0.3 is 4.74 Å². The van der Waals surface area contributed by atoms with Crippen LogP contribution in [0, 0.1) is 5.82 Å². The second-order valence-electron chi connectivity index (χ2n) is 6.54. The first-order valence-corrected chi connectivity index (χ1v) is 8.97. The molecular formula is C25H21FO2. The molecule has 0 aliphatic carbocycles. The average Bonchev–Trinajstić information content (AvgIpc) is 2.72. The highest BCUT2D eigenvalue weighted by Crippen LogP contribution is 2.17. The van der Waals surface area contributed by atoms with Gasteiger partial charge in [-0.1, -0.05) is 54.6 Å². The van der Waals surface area contributed by atoms with Gasteiger partial charge in [0, 0.05) is 5.56 Å². The number of carbonyl (C=O) groups is 1. The summed E-state index contributed by atoms with van der Waals surface area (Å²) >= 11 is 0. The van der Waals surface area contributed by atoms with E-state index < -0.39 is 0 Å². The summed E-state index contributed by atoms with van der Waals surface area (Å²) in [5, 5.41) is 0. The van der Waals surface area contributed by atoms with Crippen LogP contribution in [-0.2, 0) is 6.61 Å². The van der Waals surface area contributed by atoms with E-state index in [1.165, 1.54) is 30.3 Å². The van der Waals surface area contributed by atoms with Crippen LogP contribution in [0.5, 0.6) is 5.75 Å². The van der Waals surface area contributed by atoms with Gasteiger partial charge in [0.2, 0.25) is 0 Å². The Morgan fingerprint density at radius 3 is 2.14 bits per heavy atom. The van der Waals surface area contributed by atoms with E-state index in [1.54, 1.807) is 6.08 Å². The number of allylic oxidation sites excluding steroid dienone is 2. The molecule has 0 saturated carbocycles. The maximum Gasteiger partial charge on any atom is 0.185 e. The normalized spacial score (nSPS) is 10.8. The minimum absolute atomic E-state index is 0.168. The Bertz CT molecular complexity index is 982. The number of hydrogen-bond acceptors (Lipinski definition) is 2. The van der Waals surface area contributed by atoms with Gasteiger partial charge in [-0.15, -0.1) is 0 Å². The summed E-state index contributed by atoms with van der Waals surface area (Å²) in [6, 6.07) is 21.1. The standard InChI is InChI=1S/C25H21FO2/c1-18(2)21-8-3-20(4-9-21)17-28-24-14-5-19(6-15-24)7-16-25(27)22-10-12-23(26)13-11-22/h3-16H,1,17H2,2H3/b16-7+. The molecule has 0 fully saturated rings. The van der Waals surface area contributed by atoms with Crippen LogP contribution in [0.2, 0.25) is 0 Å². The van der Waals surface area contributed by atoms with E-state index in [-0.39, 0.29) is 11.6 Å². The van der Waals surface area contributed by atoms with Crippen LogP contribution in [0.15, 0.2) is 85.5 Å². The van der Waals surface area contributed by atoms with Gasteiger partial charge in [-0.25, -0.2) is 4.39 Å². The Morgan fingerprint density at radius 1 is 0.929 bits per heavy atom. The molecule has 3 heteroatoms. The maximum atomic E-state index is 12.9. The number of ether oxygens (including phenoxy) is 1. The van der Waals surface area contributed by atoms with E-state index in [9.17, 15) is 9.18 Å².